The highest BCUT2D eigenvalue weighted by molar-refractivity contribution is 5.47. The summed E-state index contributed by atoms with van der Waals surface area (Å²) in [6.07, 6.45) is -0.592. The van der Waals surface area contributed by atoms with Gasteiger partial charge in [-0.3, -0.25) is 0 Å². The van der Waals surface area contributed by atoms with Gasteiger partial charge in [0.2, 0.25) is 13.6 Å². The largest absolute Gasteiger partial charge is 0.454 e. The zero-order valence-corrected chi connectivity index (χ0v) is 15.3. The molecule has 6 rings (SSSR count). The number of benzene rings is 2. The first-order chi connectivity index (χ1) is 13.8. The van der Waals surface area contributed by atoms with Crippen LogP contribution in [0.2, 0.25) is 0 Å². The van der Waals surface area contributed by atoms with Crippen LogP contribution in [0.15, 0.2) is 36.4 Å². The van der Waals surface area contributed by atoms with E-state index < -0.39 is 0 Å². The second kappa shape index (κ2) is 6.27. The van der Waals surface area contributed by atoms with Crippen LogP contribution in [0.5, 0.6) is 23.0 Å². The van der Waals surface area contributed by atoms with Crippen molar-refractivity contribution in [3.05, 3.63) is 47.5 Å². The molecule has 4 aliphatic rings. The number of rotatable bonds is 3. The first-order valence-electron chi connectivity index (χ1n) is 9.41. The van der Waals surface area contributed by atoms with Crippen LogP contribution in [-0.2, 0) is 14.2 Å². The first kappa shape index (κ1) is 16.5. The lowest BCUT2D eigenvalue weighted by Gasteiger charge is -2.22. The van der Waals surface area contributed by atoms with Crippen molar-refractivity contribution in [2.75, 3.05) is 27.3 Å². The third kappa shape index (κ3) is 2.40. The number of fused-ring (bicyclic) bond motifs is 3. The third-order valence-corrected chi connectivity index (χ3v) is 5.98. The molecule has 0 aromatic heterocycles. The van der Waals surface area contributed by atoms with Gasteiger partial charge in [0.1, 0.15) is 0 Å². The van der Waals surface area contributed by atoms with Crippen LogP contribution in [0.1, 0.15) is 23.3 Å². The van der Waals surface area contributed by atoms with Gasteiger partial charge in [0, 0.05) is 18.9 Å². The maximum atomic E-state index is 6.31. The Bertz CT molecular complexity index is 858. The van der Waals surface area contributed by atoms with Crippen LogP contribution in [-0.4, -0.2) is 33.6 Å². The van der Waals surface area contributed by atoms with Gasteiger partial charge in [-0.05, 0) is 35.4 Å². The highest BCUT2D eigenvalue weighted by Gasteiger charge is 2.54. The molecule has 0 radical (unpaired) electrons. The molecule has 0 unspecified atom stereocenters. The van der Waals surface area contributed by atoms with E-state index in [2.05, 4.69) is 0 Å². The van der Waals surface area contributed by atoms with Gasteiger partial charge in [-0.15, -0.1) is 0 Å². The van der Waals surface area contributed by atoms with Gasteiger partial charge < -0.3 is 33.2 Å². The standard InChI is InChI=1S/C21H20O7/c1-22-21-18-13(19(28-21)11-2-4-14-16(6-11)26-9-24-14)8-23-20(18)12-3-5-15-17(7-12)27-10-25-15/h2-7,13,18-21H,8-10H2,1H3/t13-,18-,19+,20+,21+/m0/s1. The number of hydrogen-bond donors (Lipinski definition) is 0. The average Bonchev–Trinajstić information content (AvgIpc) is 3.49. The third-order valence-electron chi connectivity index (χ3n) is 5.98. The Hall–Kier alpha value is -2.48. The lowest BCUT2D eigenvalue weighted by atomic mass is 9.84. The zero-order chi connectivity index (χ0) is 18.7. The van der Waals surface area contributed by atoms with Crippen LogP contribution in [0.25, 0.3) is 0 Å². The molecule has 7 heteroatoms. The molecule has 0 spiro atoms. The average molecular weight is 384 g/mol. The molecule has 0 bridgehead atoms. The van der Waals surface area contributed by atoms with Crippen molar-refractivity contribution in [2.45, 2.75) is 18.5 Å². The highest BCUT2D eigenvalue weighted by Crippen LogP contribution is 2.54. The van der Waals surface area contributed by atoms with Gasteiger partial charge in [-0.2, -0.15) is 0 Å². The van der Waals surface area contributed by atoms with Crippen LogP contribution in [0.3, 0.4) is 0 Å². The van der Waals surface area contributed by atoms with Crippen molar-refractivity contribution >= 4 is 0 Å². The molecule has 2 aromatic carbocycles. The summed E-state index contributed by atoms with van der Waals surface area (Å²) in [4.78, 5) is 0. The summed E-state index contributed by atoms with van der Waals surface area (Å²) in [6, 6.07) is 11.9. The predicted octanol–water partition coefficient (Wildman–Crippen LogP) is 3.19. The predicted molar refractivity (Wildman–Crippen MR) is 95.4 cm³/mol. The van der Waals surface area contributed by atoms with Crippen molar-refractivity contribution in [2.24, 2.45) is 11.8 Å². The highest BCUT2D eigenvalue weighted by atomic mass is 16.7. The second-order valence-corrected chi connectivity index (χ2v) is 7.38. The van der Waals surface area contributed by atoms with E-state index in [0.717, 1.165) is 34.1 Å². The van der Waals surface area contributed by atoms with Crippen molar-refractivity contribution in [3.8, 4) is 23.0 Å². The fraction of sp³-hybridized carbons (Fsp3) is 0.429. The summed E-state index contributed by atoms with van der Waals surface area (Å²) in [6.45, 7) is 1.11. The van der Waals surface area contributed by atoms with E-state index in [-0.39, 0.29) is 43.9 Å². The maximum absolute atomic E-state index is 6.31. The molecule has 2 aromatic rings. The number of ether oxygens (including phenoxy) is 7. The molecule has 7 nitrogen and oxygen atoms in total. The number of hydrogen-bond acceptors (Lipinski definition) is 7. The molecule has 0 amide bonds. The minimum absolute atomic E-state index is 0.0841. The van der Waals surface area contributed by atoms with Crippen LogP contribution < -0.4 is 18.9 Å². The van der Waals surface area contributed by atoms with Crippen LogP contribution >= 0.6 is 0 Å². The molecule has 4 heterocycles. The van der Waals surface area contributed by atoms with Crippen molar-refractivity contribution < 1.29 is 33.2 Å². The quantitative estimate of drug-likeness (QED) is 0.805. The Balaban J connectivity index is 1.32. The summed E-state index contributed by atoms with van der Waals surface area (Å²) in [5, 5.41) is 0. The fourth-order valence-corrected chi connectivity index (χ4v) is 4.67. The molecular weight excluding hydrogens is 364 g/mol. The second-order valence-electron chi connectivity index (χ2n) is 7.38. The van der Waals surface area contributed by atoms with Gasteiger partial charge in [-0.1, -0.05) is 12.1 Å². The van der Waals surface area contributed by atoms with E-state index in [1.807, 2.05) is 36.4 Å². The fourth-order valence-electron chi connectivity index (χ4n) is 4.67. The SMILES string of the molecule is CO[C@@H]1O[C@H](c2ccc3c(c2)OCO3)[C@H]2CO[C@H](c3ccc4c(c3)OCO4)[C@@H]12. The van der Waals surface area contributed by atoms with Crippen molar-refractivity contribution in [1.82, 2.24) is 0 Å². The van der Waals surface area contributed by atoms with Crippen molar-refractivity contribution in [3.63, 3.8) is 0 Å². The van der Waals surface area contributed by atoms with Crippen LogP contribution in [0, 0.1) is 11.8 Å². The van der Waals surface area contributed by atoms with E-state index in [1.54, 1.807) is 7.11 Å². The van der Waals surface area contributed by atoms with Crippen molar-refractivity contribution in [1.29, 1.82) is 0 Å². The Morgan fingerprint density at radius 3 is 2.04 bits per heavy atom. The van der Waals surface area contributed by atoms with E-state index in [0.29, 0.717) is 6.61 Å². The Kier molecular flexibility index (Phi) is 3.69. The Morgan fingerprint density at radius 1 is 0.786 bits per heavy atom. The normalized spacial score (nSPS) is 32.0. The lowest BCUT2D eigenvalue weighted by molar-refractivity contribution is -0.153. The molecule has 0 aliphatic carbocycles. The molecule has 146 valence electrons. The monoisotopic (exact) mass is 384 g/mol. The van der Waals surface area contributed by atoms with E-state index >= 15 is 0 Å². The summed E-state index contributed by atoms with van der Waals surface area (Å²) < 4.78 is 40.1. The summed E-state index contributed by atoms with van der Waals surface area (Å²) in [5.41, 5.74) is 2.10. The van der Waals surface area contributed by atoms with Gasteiger partial charge in [-0.25, -0.2) is 0 Å². The van der Waals surface area contributed by atoms with E-state index in [4.69, 9.17) is 33.2 Å². The molecular formula is C21H20O7. The topological polar surface area (TPSA) is 64.6 Å². The molecule has 2 saturated heterocycles. The Labute approximate surface area is 162 Å². The summed E-state index contributed by atoms with van der Waals surface area (Å²) in [5.74, 6) is 3.31. The molecule has 0 saturated carbocycles. The van der Waals surface area contributed by atoms with Gasteiger partial charge in [0.15, 0.2) is 29.3 Å². The van der Waals surface area contributed by atoms with E-state index in [1.165, 1.54) is 0 Å². The summed E-state index contributed by atoms with van der Waals surface area (Å²) >= 11 is 0. The van der Waals surface area contributed by atoms with Crippen LogP contribution in [0.4, 0.5) is 0 Å². The van der Waals surface area contributed by atoms with Gasteiger partial charge >= 0.3 is 0 Å². The first-order valence-corrected chi connectivity index (χ1v) is 9.41. The molecule has 5 atom stereocenters. The molecule has 28 heavy (non-hydrogen) atoms. The Morgan fingerprint density at radius 2 is 1.39 bits per heavy atom. The molecule has 0 N–H and O–H groups in total. The van der Waals surface area contributed by atoms with Gasteiger partial charge in [0.25, 0.3) is 0 Å². The number of methoxy groups -OCH3 is 1. The molecule has 2 fully saturated rings. The van der Waals surface area contributed by atoms with Gasteiger partial charge in [0.05, 0.1) is 18.8 Å². The molecule has 4 aliphatic heterocycles. The smallest absolute Gasteiger partial charge is 0.231 e. The van der Waals surface area contributed by atoms with E-state index in [9.17, 15) is 0 Å². The maximum Gasteiger partial charge on any atom is 0.231 e. The summed E-state index contributed by atoms with van der Waals surface area (Å²) in [7, 11) is 1.68. The minimum Gasteiger partial charge on any atom is -0.454 e. The lowest BCUT2D eigenvalue weighted by Crippen LogP contribution is -2.24. The zero-order valence-electron chi connectivity index (χ0n) is 15.3. The minimum atomic E-state index is -0.349.